The molecule has 1 rings (SSSR count). The molecule has 0 radical (unpaired) electrons. The van der Waals surface area contributed by atoms with Crippen LogP contribution in [0.2, 0.25) is 0 Å². The molecule has 1 aliphatic heterocycles. The van der Waals surface area contributed by atoms with Crippen molar-refractivity contribution in [3.05, 3.63) is 48.6 Å². The minimum Gasteiger partial charge on any atom is -0.457 e. The van der Waals surface area contributed by atoms with Crippen LogP contribution >= 0.6 is 0 Å². The molecule has 1 saturated heterocycles. The molecular weight excluding hydrogens is 723 g/mol. The topological polar surface area (TPSA) is 66.5 Å². The Hall–Kier alpha value is -1.77. The molecule has 7 heteroatoms. The maximum absolute atomic E-state index is 12.8. The Kier molecular flexibility index (Phi) is 40.5. The van der Waals surface area contributed by atoms with E-state index in [1.54, 1.807) is 0 Å². The summed E-state index contributed by atoms with van der Waals surface area (Å²) in [4.78, 5) is 15.2. The predicted octanol–water partition coefficient (Wildman–Crippen LogP) is 14.2. The molecule has 0 spiro atoms. The normalized spacial score (nSPS) is 15.5. The predicted molar refractivity (Wildman–Crippen MR) is 246 cm³/mol. The summed E-state index contributed by atoms with van der Waals surface area (Å²) in [5.41, 5.74) is 0. The van der Waals surface area contributed by atoms with E-state index in [1.165, 1.54) is 141 Å². The van der Waals surface area contributed by atoms with Crippen molar-refractivity contribution in [2.45, 2.75) is 226 Å². The second-order valence-corrected chi connectivity index (χ2v) is 16.5. The van der Waals surface area contributed by atoms with Crippen molar-refractivity contribution >= 4 is 5.97 Å². The first kappa shape index (κ1) is 54.2. The van der Waals surface area contributed by atoms with Crippen LogP contribution < -0.4 is 0 Å². The summed E-state index contributed by atoms with van der Waals surface area (Å²) < 4.78 is 29.8. The lowest BCUT2D eigenvalue weighted by Crippen LogP contribution is -2.33. The van der Waals surface area contributed by atoms with Crippen LogP contribution in [-0.4, -0.2) is 75.6 Å². The van der Waals surface area contributed by atoms with Gasteiger partial charge in [-0.15, -0.1) is 0 Å². The molecule has 0 aromatic heterocycles. The van der Waals surface area contributed by atoms with E-state index in [-0.39, 0.29) is 31.8 Å². The maximum Gasteiger partial charge on any atom is 0.306 e. The molecule has 1 fully saturated rings. The summed E-state index contributed by atoms with van der Waals surface area (Å²) in [6.45, 7) is 13.4. The van der Waals surface area contributed by atoms with Crippen molar-refractivity contribution in [3.63, 3.8) is 0 Å². The zero-order valence-electron chi connectivity index (χ0n) is 38.5. The molecule has 0 bridgehead atoms. The molecule has 0 N–H and O–H groups in total. The molecule has 7 nitrogen and oxygen atoms in total. The van der Waals surface area contributed by atoms with Crippen LogP contribution in [0.15, 0.2) is 48.6 Å². The second-order valence-electron chi connectivity index (χ2n) is 16.5. The fourth-order valence-electron chi connectivity index (χ4n) is 7.08. The van der Waals surface area contributed by atoms with Gasteiger partial charge in [-0.25, -0.2) is 0 Å². The highest BCUT2D eigenvalue weighted by Gasteiger charge is 2.19. The summed E-state index contributed by atoms with van der Waals surface area (Å²) in [6.07, 6.45) is 50.5. The van der Waals surface area contributed by atoms with Gasteiger partial charge in [0.15, 0.2) is 12.6 Å². The van der Waals surface area contributed by atoms with Gasteiger partial charge in [-0.3, -0.25) is 4.79 Å². The molecule has 0 aromatic carbocycles. The Labute approximate surface area is 359 Å². The van der Waals surface area contributed by atoms with E-state index >= 15 is 0 Å². The van der Waals surface area contributed by atoms with Crippen molar-refractivity contribution in [1.29, 1.82) is 0 Å². The number of hydrogen-bond donors (Lipinski definition) is 0. The first-order valence-corrected chi connectivity index (χ1v) is 24.5. The summed E-state index contributed by atoms with van der Waals surface area (Å²) in [5, 5.41) is 0. The molecule has 2 unspecified atom stereocenters. The third-order valence-electron chi connectivity index (χ3n) is 10.8. The summed E-state index contributed by atoms with van der Waals surface area (Å²) in [6, 6.07) is 0. The zero-order chi connectivity index (χ0) is 41.8. The summed E-state index contributed by atoms with van der Waals surface area (Å²) in [7, 11) is 0. The van der Waals surface area contributed by atoms with Crippen LogP contribution in [0.5, 0.6) is 0 Å². The first-order chi connectivity index (χ1) is 28.5. The van der Waals surface area contributed by atoms with Crippen LogP contribution in [0.3, 0.4) is 0 Å². The third-order valence-corrected chi connectivity index (χ3v) is 10.8. The Balaban J connectivity index is 2.19. The average molecular weight is 816 g/mol. The summed E-state index contributed by atoms with van der Waals surface area (Å²) >= 11 is 0. The van der Waals surface area contributed by atoms with E-state index in [9.17, 15) is 4.79 Å². The Morgan fingerprint density at radius 1 is 0.500 bits per heavy atom. The molecule has 58 heavy (non-hydrogen) atoms. The van der Waals surface area contributed by atoms with Gasteiger partial charge in [-0.2, -0.15) is 0 Å². The summed E-state index contributed by atoms with van der Waals surface area (Å²) in [5.74, 6) is -0.193. The number of unbranched alkanes of at least 4 members (excludes halogenated alkanes) is 18. The number of carbonyl (C=O) groups is 1. The highest BCUT2D eigenvalue weighted by Crippen LogP contribution is 2.13. The van der Waals surface area contributed by atoms with Crippen LogP contribution in [0.25, 0.3) is 0 Å². The Morgan fingerprint density at radius 2 is 0.897 bits per heavy atom. The van der Waals surface area contributed by atoms with E-state index in [1.807, 2.05) is 13.8 Å². The fraction of sp³-hybridized carbons (Fsp3) is 0.824. The highest BCUT2D eigenvalue weighted by molar-refractivity contribution is 5.69. The van der Waals surface area contributed by atoms with Crippen molar-refractivity contribution < 1.29 is 28.5 Å². The van der Waals surface area contributed by atoms with Gasteiger partial charge >= 0.3 is 5.97 Å². The van der Waals surface area contributed by atoms with E-state index in [2.05, 4.69) is 67.4 Å². The number of rotatable bonds is 43. The number of allylic oxidation sites excluding steroid dienone is 8. The van der Waals surface area contributed by atoms with Crippen molar-refractivity contribution in [1.82, 2.24) is 4.90 Å². The van der Waals surface area contributed by atoms with Gasteiger partial charge in [0, 0.05) is 19.6 Å². The van der Waals surface area contributed by atoms with Gasteiger partial charge in [0.05, 0.1) is 13.2 Å². The number of ether oxygens (including phenoxy) is 5. The van der Waals surface area contributed by atoms with Gasteiger partial charge in [0.2, 0.25) is 0 Å². The molecule has 2 atom stereocenters. The second kappa shape index (κ2) is 43.3. The monoisotopic (exact) mass is 816 g/mol. The number of hydrogen-bond acceptors (Lipinski definition) is 7. The molecule has 338 valence electrons. The molecule has 1 aliphatic rings. The minimum absolute atomic E-state index is 0.193. The van der Waals surface area contributed by atoms with E-state index in [4.69, 9.17) is 23.7 Å². The van der Waals surface area contributed by atoms with E-state index in [0.29, 0.717) is 19.6 Å². The highest BCUT2D eigenvalue weighted by atomic mass is 16.7. The zero-order valence-corrected chi connectivity index (χ0v) is 38.5. The first-order valence-electron chi connectivity index (χ1n) is 24.5. The maximum atomic E-state index is 12.8. The van der Waals surface area contributed by atoms with E-state index in [0.717, 1.165) is 51.7 Å². The Bertz CT molecular complexity index is 929. The molecule has 1 heterocycles. The molecular formula is C51H93NO6. The van der Waals surface area contributed by atoms with Gasteiger partial charge in [-0.05, 0) is 130 Å². The quantitative estimate of drug-likeness (QED) is 0.0263. The van der Waals surface area contributed by atoms with Gasteiger partial charge in [0.25, 0.3) is 0 Å². The standard InChI is InChI=1S/C51H93NO6/c1-5-7-9-11-13-15-17-19-21-23-25-27-29-31-33-37-44-54-48(3)56-46-50(58-51(53)40-39-43-52-41-35-36-42-52)47-57-49(4)55-45-38-34-32-30-28-26-24-22-20-18-16-14-12-10-8-6-2/h13-16,19-22,48-50H,5-12,17-18,23-47H2,1-4H3/b15-13-,16-14-,21-19-,22-20-. The van der Waals surface area contributed by atoms with Crippen LogP contribution in [0, 0.1) is 0 Å². The minimum atomic E-state index is -0.500. The lowest BCUT2D eigenvalue weighted by molar-refractivity contribution is -0.191. The lowest BCUT2D eigenvalue weighted by atomic mass is 10.1. The van der Waals surface area contributed by atoms with Gasteiger partial charge < -0.3 is 28.6 Å². The number of nitrogens with zero attached hydrogens (tertiary/aromatic N) is 1. The third kappa shape index (κ3) is 38.4. The van der Waals surface area contributed by atoms with Gasteiger partial charge in [-0.1, -0.05) is 140 Å². The average Bonchev–Trinajstić information content (AvgIpc) is 3.75. The van der Waals surface area contributed by atoms with Crippen molar-refractivity contribution in [3.8, 4) is 0 Å². The molecule has 0 saturated carbocycles. The Morgan fingerprint density at radius 3 is 1.33 bits per heavy atom. The smallest absolute Gasteiger partial charge is 0.306 e. The van der Waals surface area contributed by atoms with Crippen molar-refractivity contribution in [2.75, 3.05) is 46.1 Å². The van der Waals surface area contributed by atoms with Crippen LogP contribution in [0.4, 0.5) is 0 Å². The molecule has 0 aliphatic carbocycles. The van der Waals surface area contributed by atoms with Crippen LogP contribution in [0.1, 0.15) is 207 Å². The largest absolute Gasteiger partial charge is 0.457 e. The fourth-order valence-corrected chi connectivity index (χ4v) is 7.08. The van der Waals surface area contributed by atoms with Crippen LogP contribution in [-0.2, 0) is 28.5 Å². The SMILES string of the molecule is CCCCC/C=C\C/C=C\CCCCCCCCOC(C)OCC(COC(C)OCCCCCCCC/C=C\C/C=C\CCCCC)OC(=O)CCCN1CCCC1. The molecule has 0 amide bonds. The number of carbonyl (C=O) groups excluding carboxylic acids is 1. The lowest BCUT2D eigenvalue weighted by Gasteiger charge is -2.23. The number of esters is 1. The number of likely N-dealkylation sites (tertiary alicyclic amines) is 1. The van der Waals surface area contributed by atoms with E-state index < -0.39 is 6.10 Å². The van der Waals surface area contributed by atoms with Crippen molar-refractivity contribution in [2.24, 2.45) is 0 Å². The van der Waals surface area contributed by atoms with Gasteiger partial charge in [0.1, 0.15) is 6.10 Å². The molecule has 0 aromatic rings.